The number of hydrogen-bond donors (Lipinski definition) is 2. The molecule has 5 heteroatoms. The minimum atomic E-state index is -0.186. The van der Waals surface area contributed by atoms with Crippen molar-refractivity contribution >= 4 is 11.8 Å². The molecule has 80 valence electrons. The molecule has 1 saturated heterocycles. The summed E-state index contributed by atoms with van der Waals surface area (Å²) in [6.45, 7) is 4.00. The van der Waals surface area contributed by atoms with Gasteiger partial charge in [0, 0.05) is 32.6 Å². The molecule has 1 fully saturated rings. The van der Waals surface area contributed by atoms with E-state index in [2.05, 4.69) is 5.32 Å². The zero-order valence-corrected chi connectivity index (χ0v) is 8.45. The maximum atomic E-state index is 11.4. The lowest BCUT2D eigenvalue weighted by atomic mass is 10.1. The third-order valence-electron chi connectivity index (χ3n) is 2.34. The molecule has 3 N–H and O–H groups in total. The molecule has 14 heavy (non-hydrogen) atoms. The lowest BCUT2D eigenvalue weighted by molar-refractivity contribution is -0.128. The van der Waals surface area contributed by atoms with E-state index in [1.54, 1.807) is 4.90 Å². The summed E-state index contributed by atoms with van der Waals surface area (Å²) in [6.07, 6.45) is 0.325. The van der Waals surface area contributed by atoms with Crippen molar-refractivity contribution in [1.29, 1.82) is 0 Å². The first-order valence-electron chi connectivity index (χ1n) is 4.94. The van der Waals surface area contributed by atoms with Crippen LogP contribution in [0.25, 0.3) is 0 Å². The Labute approximate surface area is 83.6 Å². The Hall–Kier alpha value is -1.10. The molecule has 0 aromatic rings. The van der Waals surface area contributed by atoms with E-state index in [-0.39, 0.29) is 17.7 Å². The van der Waals surface area contributed by atoms with E-state index >= 15 is 0 Å². The van der Waals surface area contributed by atoms with Gasteiger partial charge in [0.05, 0.1) is 5.92 Å². The molecule has 0 aliphatic carbocycles. The van der Waals surface area contributed by atoms with Crippen LogP contribution in [0.2, 0.25) is 0 Å². The fraction of sp³-hybridized carbons (Fsp3) is 0.778. The van der Waals surface area contributed by atoms with Crippen LogP contribution in [0, 0.1) is 5.92 Å². The third-order valence-corrected chi connectivity index (χ3v) is 2.34. The summed E-state index contributed by atoms with van der Waals surface area (Å²) in [5.41, 5.74) is 5.36. The number of carbonyl (C=O) groups excluding carboxylic acids is 2. The number of rotatable bonds is 4. The minimum absolute atomic E-state index is 0.0274. The molecule has 0 saturated carbocycles. The fourth-order valence-corrected chi connectivity index (χ4v) is 1.64. The lowest BCUT2D eigenvalue weighted by Crippen LogP contribution is -2.34. The molecule has 0 aromatic heterocycles. The van der Waals surface area contributed by atoms with Gasteiger partial charge in [0.2, 0.25) is 11.8 Å². The van der Waals surface area contributed by atoms with Gasteiger partial charge in [0.1, 0.15) is 0 Å². The molecule has 2 amide bonds. The van der Waals surface area contributed by atoms with Crippen LogP contribution in [0.15, 0.2) is 0 Å². The van der Waals surface area contributed by atoms with Gasteiger partial charge in [-0.15, -0.1) is 0 Å². The first kappa shape index (κ1) is 11.0. The first-order valence-corrected chi connectivity index (χ1v) is 4.94. The second kappa shape index (κ2) is 4.95. The van der Waals surface area contributed by atoms with Gasteiger partial charge in [-0.25, -0.2) is 0 Å². The predicted octanol–water partition coefficient (Wildman–Crippen LogP) is -1.07. The van der Waals surface area contributed by atoms with Crippen LogP contribution in [0.3, 0.4) is 0 Å². The van der Waals surface area contributed by atoms with Crippen molar-refractivity contribution in [1.82, 2.24) is 10.2 Å². The SMILES string of the molecule is CCNC(=O)C1CC(=O)N(CCN)C1. The molecule has 0 bridgehead atoms. The zero-order chi connectivity index (χ0) is 10.6. The maximum absolute atomic E-state index is 11.4. The summed E-state index contributed by atoms with van der Waals surface area (Å²) in [6, 6.07) is 0. The summed E-state index contributed by atoms with van der Waals surface area (Å²) < 4.78 is 0. The molecule has 1 unspecified atom stereocenters. The monoisotopic (exact) mass is 199 g/mol. The Morgan fingerprint density at radius 1 is 1.71 bits per heavy atom. The smallest absolute Gasteiger partial charge is 0.225 e. The average molecular weight is 199 g/mol. The Balaban J connectivity index is 2.45. The number of nitrogens with one attached hydrogen (secondary N) is 1. The van der Waals surface area contributed by atoms with E-state index in [1.807, 2.05) is 6.92 Å². The van der Waals surface area contributed by atoms with Crippen LogP contribution in [0.4, 0.5) is 0 Å². The Kier molecular flexibility index (Phi) is 3.88. The van der Waals surface area contributed by atoms with Gasteiger partial charge in [0.25, 0.3) is 0 Å². The van der Waals surface area contributed by atoms with E-state index in [1.165, 1.54) is 0 Å². The molecule has 1 atom stereocenters. The van der Waals surface area contributed by atoms with Gasteiger partial charge >= 0.3 is 0 Å². The summed E-state index contributed by atoms with van der Waals surface area (Å²) >= 11 is 0. The molecule has 0 spiro atoms. The number of likely N-dealkylation sites (tertiary alicyclic amines) is 1. The van der Waals surface area contributed by atoms with Crippen LogP contribution in [-0.2, 0) is 9.59 Å². The van der Waals surface area contributed by atoms with Gasteiger partial charge in [0.15, 0.2) is 0 Å². The standard InChI is InChI=1S/C9H17N3O2/c1-2-11-9(14)7-5-8(13)12(6-7)4-3-10/h7H,2-6,10H2,1H3,(H,11,14). The molecule has 1 aliphatic rings. The topological polar surface area (TPSA) is 75.4 Å². The molecular formula is C9H17N3O2. The number of nitrogens with zero attached hydrogens (tertiary/aromatic N) is 1. The number of amides is 2. The van der Waals surface area contributed by atoms with Crippen LogP contribution in [0.1, 0.15) is 13.3 Å². The highest BCUT2D eigenvalue weighted by Crippen LogP contribution is 2.16. The Bertz CT molecular complexity index is 230. The van der Waals surface area contributed by atoms with Gasteiger partial charge in [-0.05, 0) is 6.92 Å². The van der Waals surface area contributed by atoms with Crippen LogP contribution >= 0.6 is 0 Å². The summed E-state index contributed by atoms with van der Waals surface area (Å²) in [4.78, 5) is 24.4. The summed E-state index contributed by atoms with van der Waals surface area (Å²) in [5, 5.41) is 2.72. The third kappa shape index (κ3) is 2.45. The molecule has 0 aromatic carbocycles. The van der Waals surface area contributed by atoms with Crippen molar-refractivity contribution in [3.63, 3.8) is 0 Å². The normalized spacial score (nSPS) is 21.4. The van der Waals surface area contributed by atoms with Crippen LogP contribution in [0.5, 0.6) is 0 Å². The highest BCUT2D eigenvalue weighted by molar-refractivity contribution is 5.89. The number of hydrogen-bond acceptors (Lipinski definition) is 3. The number of carbonyl (C=O) groups is 2. The van der Waals surface area contributed by atoms with Crippen molar-refractivity contribution in [2.75, 3.05) is 26.2 Å². The van der Waals surface area contributed by atoms with E-state index in [4.69, 9.17) is 5.73 Å². The van der Waals surface area contributed by atoms with Crippen molar-refractivity contribution < 1.29 is 9.59 Å². The fourth-order valence-electron chi connectivity index (χ4n) is 1.64. The van der Waals surface area contributed by atoms with Gasteiger partial charge in [-0.3, -0.25) is 9.59 Å². The van der Waals surface area contributed by atoms with Crippen LogP contribution in [-0.4, -0.2) is 42.9 Å². The van der Waals surface area contributed by atoms with Crippen molar-refractivity contribution in [3.05, 3.63) is 0 Å². The summed E-state index contributed by atoms with van der Waals surface area (Å²) in [7, 11) is 0. The Morgan fingerprint density at radius 2 is 2.43 bits per heavy atom. The average Bonchev–Trinajstić information content (AvgIpc) is 2.49. The number of nitrogens with two attached hydrogens (primary N) is 1. The first-order chi connectivity index (χ1) is 6.69. The quantitative estimate of drug-likeness (QED) is 0.605. The van der Waals surface area contributed by atoms with E-state index < -0.39 is 0 Å². The highest BCUT2D eigenvalue weighted by Gasteiger charge is 2.33. The van der Waals surface area contributed by atoms with E-state index in [9.17, 15) is 9.59 Å². The second-order valence-corrected chi connectivity index (χ2v) is 3.42. The molecule has 1 rings (SSSR count). The highest BCUT2D eigenvalue weighted by atomic mass is 16.2. The van der Waals surface area contributed by atoms with E-state index in [0.717, 1.165) is 0 Å². The Morgan fingerprint density at radius 3 is 3.00 bits per heavy atom. The van der Waals surface area contributed by atoms with Gasteiger partial charge < -0.3 is 16.0 Å². The van der Waals surface area contributed by atoms with Crippen molar-refractivity contribution in [2.24, 2.45) is 11.7 Å². The maximum Gasteiger partial charge on any atom is 0.225 e. The predicted molar refractivity (Wildman–Crippen MR) is 52.4 cm³/mol. The van der Waals surface area contributed by atoms with Crippen LogP contribution < -0.4 is 11.1 Å². The molecule has 1 aliphatic heterocycles. The molecule has 5 nitrogen and oxygen atoms in total. The molecule has 0 radical (unpaired) electrons. The van der Waals surface area contributed by atoms with Gasteiger partial charge in [-0.1, -0.05) is 0 Å². The largest absolute Gasteiger partial charge is 0.356 e. The second-order valence-electron chi connectivity index (χ2n) is 3.42. The van der Waals surface area contributed by atoms with Crippen molar-refractivity contribution in [3.8, 4) is 0 Å². The lowest BCUT2D eigenvalue weighted by Gasteiger charge is -2.14. The summed E-state index contributed by atoms with van der Waals surface area (Å²) in [5.74, 6) is -0.180. The molecule has 1 heterocycles. The van der Waals surface area contributed by atoms with Crippen molar-refractivity contribution in [2.45, 2.75) is 13.3 Å². The zero-order valence-electron chi connectivity index (χ0n) is 8.45. The van der Waals surface area contributed by atoms with E-state index in [0.29, 0.717) is 32.6 Å². The minimum Gasteiger partial charge on any atom is -0.356 e. The molecular weight excluding hydrogens is 182 g/mol. The van der Waals surface area contributed by atoms with Gasteiger partial charge in [-0.2, -0.15) is 0 Å².